The summed E-state index contributed by atoms with van der Waals surface area (Å²) in [6, 6.07) is 12.8. The first kappa shape index (κ1) is 20.3. The maximum atomic E-state index is 11.7. The first-order valence-corrected chi connectivity index (χ1v) is 10.4. The average molecular weight is 434 g/mol. The van der Waals surface area contributed by atoms with Crippen molar-refractivity contribution < 1.29 is 19.0 Å². The Morgan fingerprint density at radius 1 is 0.625 bits per heavy atom. The zero-order valence-electron chi connectivity index (χ0n) is 17.3. The van der Waals surface area contributed by atoms with Gasteiger partial charge in [0.25, 0.3) is 0 Å². The van der Waals surface area contributed by atoms with Gasteiger partial charge in [0, 0.05) is 62.2 Å². The van der Waals surface area contributed by atoms with E-state index in [0.717, 1.165) is 37.0 Å². The van der Waals surface area contributed by atoms with Gasteiger partial charge in [-0.2, -0.15) is 0 Å². The number of phenolic OH excluding ortho intramolecular Hbond substituents is 2. The Kier molecular flexibility index (Phi) is 5.16. The van der Waals surface area contributed by atoms with Crippen molar-refractivity contribution in [2.24, 2.45) is 0 Å². The quantitative estimate of drug-likeness (QED) is 0.472. The van der Waals surface area contributed by atoms with Gasteiger partial charge in [0.2, 0.25) is 0 Å². The van der Waals surface area contributed by atoms with Gasteiger partial charge in [-0.3, -0.25) is 9.80 Å². The SMILES string of the molecule is O=c1ccc2ccc(O)c(CN3CCN(Cc4c(O)ccc5ccc(=O)oc45)CC3)c2o1. The third-order valence-corrected chi connectivity index (χ3v) is 5.96. The van der Waals surface area contributed by atoms with Crippen LogP contribution in [0.3, 0.4) is 0 Å². The lowest BCUT2D eigenvalue weighted by Gasteiger charge is -2.35. The molecule has 2 aromatic heterocycles. The Morgan fingerprint density at radius 2 is 1.00 bits per heavy atom. The molecule has 0 amide bonds. The number of phenols is 2. The van der Waals surface area contributed by atoms with Gasteiger partial charge in [-0.25, -0.2) is 9.59 Å². The second kappa shape index (κ2) is 8.14. The van der Waals surface area contributed by atoms with Crippen LogP contribution in [0.4, 0.5) is 0 Å². The molecule has 8 heteroatoms. The largest absolute Gasteiger partial charge is 0.507 e. The Hall–Kier alpha value is -3.62. The number of hydrogen-bond donors (Lipinski definition) is 2. The van der Waals surface area contributed by atoms with Crippen LogP contribution in [0.5, 0.6) is 11.5 Å². The summed E-state index contributed by atoms with van der Waals surface area (Å²) in [6.07, 6.45) is 0. The Labute approximate surface area is 182 Å². The number of fused-ring (bicyclic) bond motifs is 2. The van der Waals surface area contributed by atoms with Crippen molar-refractivity contribution in [1.82, 2.24) is 9.80 Å². The fourth-order valence-corrected chi connectivity index (χ4v) is 4.22. The number of rotatable bonds is 4. The monoisotopic (exact) mass is 434 g/mol. The molecule has 32 heavy (non-hydrogen) atoms. The summed E-state index contributed by atoms with van der Waals surface area (Å²) in [4.78, 5) is 27.7. The van der Waals surface area contributed by atoms with Gasteiger partial charge in [0.1, 0.15) is 22.7 Å². The zero-order valence-corrected chi connectivity index (χ0v) is 17.3. The van der Waals surface area contributed by atoms with Crippen LogP contribution in [0.15, 0.2) is 67.0 Å². The highest BCUT2D eigenvalue weighted by molar-refractivity contribution is 5.82. The lowest BCUT2D eigenvalue weighted by Crippen LogP contribution is -2.45. The fourth-order valence-electron chi connectivity index (χ4n) is 4.22. The van der Waals surface area contributed by atoms with E-state index < -0.39 is 11.3 Å². The van der Waals surface area contributed by atoms with Crippen molar-refractivity contribution in [2.75, 3.05) is 26.2 Å². The van der Waals surface area contributed by atoms with Crippen molar-refractivity contribution in [1.29, 1.82) is 0 Å². The first-order chi connectivity index (χ1) is 15.5. The molecular weight excluding hydrogens is 412 g/mol. The maximum absolute atomic E-state index is 11.7. The molecule has 0 atom stereocenters. The van der Waals surface area contributed by atoms with E-state index in [-0.39, 0.29) is 11.5 Å². The normalized spacial score (nSPS) is 15.5. The van der Waals surface area contributed by atoms with Crippen LogP contribution < -0.4 is 11.3 Å². The lowest BCUT2D eigenvalue weighted by molar-refractivity contribution is 0.120. The van der Waals surface area contributed by atoms with Crippen LogP contribution in [0.1, 0.15) is 11.1 Å². The molecule has 5 rings (SSSR count). The average Bonchev–Trinajstić information content (AvgIpc) is 2.79. The summed E-state index contributed by atoms with van der Waals surface area (Å²) in [6.45, 7) is 3.81. The van der Waals surface area contributed by atoms with Gasteiger partial charge < -0.3 is 19.0 Å². The summed E-state index contributed by atoms with van der Waals surface area (Å²) in [7, 11) is 0. The van der Waals surface area contributed by atoms with E-state index in [1.54, 1.807) is 36.4 Å². The van der Waals surface area contributed by atoms with Crippen molar-refractivity contribution >= 4 is 21.9 Å². The molecule has 0 unspecified atom stereocenters. The zero-order chi connectivity index (χ0) is 22.2. The van der Waals surface area contributed by atoms with E-state index in [4.69, 9.17) is 8.83 Å². The standard InChI is InChI=1S/C24H22N2O6/c27-19-5-1-15-3-7-21(29)31-23(15)17(19)13-25-9-11-26(12-10-25)14-18-20(28)6-2-16-4-8-22(30)32-24(16)18/h1-8,27-28H,9-14H2. The summed E-state index contributed by atoms with van der Waals surface area (Å²) in [5.41, 5.74) is 1.13. The van der Waals surface area contributed by atoms with Crippen LogP contribution in [-0.4, -0.2) is 46.2 Å². The van der Waals surface area contributed by atoms with Crippen molar-refractivity contribution in [3.63, 3.8) is 0 Å². The molecule has 1 aliphatic rings. The molecule has 0 spiro atoms. The second-order valence-electron chi connectivity index (χ2n) is 8.02. The predicted octanol–water partition coefficient (Wildman–Crippen LogP) is 2.63. The van der Waals surface area contributed by atoms with Gasteiger partial charge in [0.15, 0.2) is 0 Å². The second-order valence-corrected chi connectivity index (χ2v) is 8.02. The van der Waals surface area contributed by atoms with Crippen LogP contribution in [-0.2, 0) is 13.1 Å². The molecule has 4 aromatic rings. The van der Waals surface area contributed by atoms with Gasteiger partial charge in [-0.15, -0.1) is 0 Å². The molecular formula is C24H22N2O6. The van der Waals surface area contributed by atoms with Gasteiger partial charge in [0.05, 0.1) is 11.1 Å². The predicted molar refractivity (Wildman–Crippen MR) is 119 cm³/mol. The van der Waals surface area contributed by atoms with Crippen LogP contribution in [0.25, 0.3) is 21.9 Å². The lowest BCUT2D eigenvalue weighted by atomic mass is 10.1. The summed E-state index contributed by atoms with van der Waals surface area (Å²) in [5.74, 6) is 0.204. The molecule has 0 aliphatic carbocycles. The van der Waals surface area contributed by atoms with Crippen LogP contribution >= 0.6 is 0 Å². The minimum atomic E-state index is -0.448. The van der Waals surface area contributed by atoms with Crippen LogP contribution in [0.2, 0.25) is 0 Å². The molecule has 0 bridgehead atoms. The maximum Gasteiger partial charge on any atom is 0.336 e. The van der Waals surface area contributed by atoms with Crippen molar-refractivity contribution in [3.05, 3.63) is 80.5 Å². The Morgan fingerprint density at radius 3 is 1.41 bits per heavy atom. The van der Waals surface area contributed by atoms with E-state index >= 15 is 0 Å². The van der Waals surface area contributed by atoms with Gasteiger partial charge >= 0.3 is 11.3 Å². The molecule has 1 aliphatic heterocycles. The van der Waals surface area contributed by atoms with E-state index in [0.29, 0.717) is 35.4 Å². The summed E-state index contributed by atoms with van der Waals surface area (Å²) >= 11 is 0. The smallest absolute Gasteiger partial charge is 0.336 e. The van der Waals surface area contributed by atoms with Gasteiger partial charge in [-0.05, 0) is 36.4 Å². The van der Waals surface area contributed by atoms with E-state index in [1.165, 1.54) is 12.1 Å². The molecule has 2 N–H and O–H groups in total. The molecule has 2 aromatic carbocycles. The number of nitrogens with zero attached hydrogens (tertiary/aromatic N) is 2. The number of aromatic hydroxyl groups is 2. The summed E-state index contributed by atoms with van der Waals surface area (Å²) < 4.78 is 10.7. The number of piperazine rings is 1. The Bertz CT molecular complexity index is 1310. The van der Waals surface area contributed by atoms with E-state index in [1.807, 2.05) is 0 Å². The molecule has 1 saturated heterocycles. The number of hydrogen-bond acceptors (Lipinski definition) is 8. The minimum absolute atomic E-state index is 0.102. The molecule has 8 nitrogen and oxygen atoms in total. The van der Waals surface area contributed by atoms with E-state index in [9.17, 15) is 19.8 Å². The fraction of sp³-hybridized carbons (Fsp3) is 0.250. The Balaban J connectivity index is 1.32. The highest BCUT2D eigenvalue weighted by atomic mass is 16.4. The molecule has 0 saturated carbocycles. The van der Waals surface area contributed by atoms with Gasteiger partial charge in [-0.1, -0.05) is 0 Å². The topological polar surface area (TPSA) is 107 Å². The third kappa shape index (κ3) is 3.86. The summed E-state index contributed by atoms with van der Waals surface area (Å²) in [5, 5.41) is 22.3. The van der Waals surface area contributed by atoms with E-state index in [2.05, 4.69) is 9.80 Å². The third-order valence-electron chi connectivity index (χ3n) is 5.96. The minimum Gasteiger partial charge on any atom is -0.507 e. The first-order valence-electron chi connectivity index (χ1n) is 10.4. The highest BCUT2D eigenvalue weighted by Gasteiger charge is 2.22. The number of benzene rings is 2. The van der Waals surface area contributed by atoms with Crippen molar-refractivity contribution in [2.45, 2.75) is 13.1 Å². The highest BCUT2D eigenvalue weighted by Crippen LogP contribution is 2.30. The van der Waals surface area contributed by atoms with Crippen molar-refractivity contribution in [3.8, 4) is 11.5 Å². The molecule has 3 heterocycles. The van der Waals surface area contributed by atoms with Crippen LogP contribution in [0, 0.1) is 0 Å². The molecule has 1 fully saturated rings. The molecule has 0 radical (unpaired) electrons. The molecule has 164 valence electrons.